The number of ether oxygens (including phenoxy) is 1. The summed E-state index contributed by atoms with van der Waals surface area (Å²) in [7, 11) is -3.23. The van der Waals surface area contributed by atoms with E-state index >= 15 is 0 Å². The average Bonchev–Trinajstić information content (AvgIpc) is 3.09. The molecule has 5 nitrogen and oxygen atoms in total. The number of fused-ring (bicyclic) bond motifs is 1. The van der Waals surface area contributed by atoms with E-state index in [4.69, 9.17) is 4.74 Å². The van der Waals surface area contributed by atoms with Gasteiger partial charge in [0.25, 0.3) is 0 Å². The Kier molecular flexibility index (Phi) is 5.39. The number of aromatic hydroxyl groups is 1. The predicted octanol–water partition coefficient (Wildman–Crippen LogP) is 2.82. The summed E-state index contributed by atoms with van der Waals surface area (Å²) >= 11 is 3.39. The molecule has 1 aromatic rings. The number of sulfone groups is 1. The number of halogens is 1. The van der Waals surface area contributed by atoms with Crippen LogP contribution in [-0.4, -0.2) is 49.0 Å². The van der Waals surface area contributed by atoms with E-state index in [0.717, 1.165) is 21.2 Å². The van der Waals surface area contributed by atoms with E-state index in [1.54, 1.807) is 12.1 Å². The summed E-state index contributed by atoms with van der Waals surface area (Å²) in [5.74, 6) is 0.163. The van der Waals surface area contributed by atoms with Gasteiger partial charge in [-0.3, -0.25) is 0 Å². The van der Waals surface area contributed by atoms with Gasteiger partial charge >= 0.3 is 0 Å². The van der Waals surface area contributed by atoms with Crippen LogP contribution in [0.25, 0.3) is 6.08 Å². The highest BCUT2D eigenvalue weighted by atomic mass is 79.9. The van der Waals surface area contributed by atoms with Crippen molar-refractivity contribution in [1.29, 1.82) is 0 Å². The lowest BCUT2D eigenvalue weighted by atomic mass is 9.97. The van der Waals surface area contributed by atoms with Crippen LogP contribution in [0, 0.1) is 0 Å². The Balaban J connectivity index is 1.72. The Labute approximate surface area is 156 Å². The normalized spacial score (nSPS) is 25.5. The largest absolute Gasteiger partial charge is 0.507 e. The van der Waals surface area contributed by atoms with Crippen LogP contribution < -0.4 is 0 Å². The molecule has 2 heterocycles. The van der Waals surface area contributed by atoms with Crippen LogP contribution >= 0.6 is 15.9 Å². The second-order valence-electron chi connectivity index (χ2n) is 6.57. The van der Waals surface area contributed by atoms with Gasteiger partial charge in [-0.2, -0.15) is 0 Å². The lowest BCUT2D eigenvalue weighted by Gasteiger charge is -2.13. The second-order valence-corrected chi connectivity index (χ2v) is 9.67. The van der Waals surface area contributed by atoms with Crippen molar-refractivity contribution >= 4 is 31.8 Å². The molecule has 2 aliphatic rings. The summed E-state index contributed by atoms with van der Waals surface area (Å²) in [6.45, 7) is 1.92. The molecule has 7 heteroatoms. The van der Waals surface area contributed by atoms with E-state index in [1.807, 2.05) is 19.1 Å². The van der Waals surface area contributed by atoms with Crippen LogP contribution in [0.3, 0.4) is 0 Å². The number of aliphatic hydroxyl groups excluding tert-OH is 1. The van der Waals surface area contributed by atoms with E-state index in [1.165, 1.54) is 0 Å². The number of aliphatic hydroxyl groups is 1. The fraction of sp³-hybridized carbons (Fsp3) is 0.444. The van der Waals surface area contributed by atoms with Gasteiger partial charge < -0.3 is 14.9 Å². The molecular formula is C18H21BrO5S. The van der Waals surface area contributed by atoms with Crippen molar-refractivity contribution in [3.05, 3.63) is 45.0 Å². The zero-order valence-electron chi connectivity index (χ0n) is 13.9. The van der Waals surface area contributed by atoms with Gasteiger partial charge in [0.2, 0.25) is 0 Å². The highest BCUT2D eigenvalue weighted by molar-refractivity contribution is 9.10. The molecule has 3 rings (SSSR count). The molecule has 2 N–H and O–H groups in total. The summed E-state index contributed by atoms with van der Waals surface area (Å²) in [5.41, 5.74) is 3.16. The van der Waals surface area contributed by atoms with Crippen LogP contribution in [0.1, 0.15) is 25.3 Å². The van der Waals surface area contributed by atoms with Gasteiger partial charge in [-0.05, 0) is 49.1 Å². The molecule has 0 amide bonds. The van der Waals surface area contributed by atoms with Gasteiger partial charge in [0, 0.05) is 10.0 Å². The molecule has 2 aliphatic heterocycles. The number of hydrogen-bond donors (Lipinski definition) is 2. The zero-order chi connectivity index (χ0) is 18.2. The van der Waals surface area contributed by atoms with Gasteiger partial charge in [0.15, 0.2) is 9.84 Å². The Hall–Kier alpha value is -1.15. The van der Waals surface area contributed by atoms with Crippen LogP contribution in [-0.2, 0) is 14.6 Å². The maximum Gasteiger partial charge on any atom is 0.163 e. The standard InChI is InChI=1S/C18H21BrO5S/c1-11(6-12-7-14(19)3-4-15(12)21)2-5-16-18-13(8-20)10-25(22,23)17(18)9-24-16/h3-4,6-7,16-17,20-21H,2,5,8-10H2,1H3/b11-6+/t16-,17+/m1/s1. The van der Waals surface area contributed by atoms with E-state index in [2.05, 4.69) is 15.9 Å². The van der Waals surface area contributed by atoms with Crippen LogP contribution in [0.5, 0.6) is 5.75 Å². The van der Waals surface area contributed by atoms with E-state index in [9.17, 15) is 18.6 Å². The maximum atomic E-state index is 12.1. The van der Waals surface area contributed by atoms with Crippen molar-refractivity contribution in [3.8, 4) is 5.75 Å². The SMILES string of the molecule is C/C(=C\c1cc(Br)ccc1O)CC[C@H]1OC[C@H]2C1=C(CO)CS2(=O)=O. The molecule has 0 unspecified atom stereocenters. The van der Waals surface area contributed by atoms with Crippen molar-refractivity contribution in [2.75, 3.05) is 19.0 Å². The molecular weight excluding hydrogens is 408 g/mol. The van der Waals surface area contributed by atoms with Crippen molar-refractivity contribution in [3.63, 3.8) is 0 Å². The number of hydrogen-bond acceptors (Lipinski definition) is 5. The monoisotopic (exact) mass is 428 g/mol. The first-order chi connectivity index (χ1) is 11.8. The Bertz CT molecular complexity index is 841. The first-order valence-corrected chi connectivity index (χ1v) is 10.6. The summed E-state index contributed by atoms with van der Waals surface area (Å²) in [5, 5.41) is 18.8. The summed E-state index contributed by atoms with van der Waals surface area (Å²) in [4.78, 5) is 0. The molecule has 0 radical (unpaired) electrons. The lowest BCUT2D eigenvalue weighted by Crippen LogP contribution is -2.19. The molecule has 0 bridgehead atoms. The van der Waals surface area contributed by atoms with Crippen molar-refractivity contribution in [2.24, 2.45) is 0 Å². The number of rotatable bonds is 5. The average molecular weight is 429 g/mol. The minimum atomic E-state index is -3.23. The number of allylic oxidation sites excluding steroid dienone is 1. The van der Waals surface area contributed by atoms with Gasteiger partial charge in [-0.15, -0.1) is 0 Å². The molecule has 2 atom stereocenters. The van der Waals surface area contributed by atoms with E-state index < -0.39 is 15.1 Å². The van der Waals surface area contributed by atoms with E-state index in [-0.39, 0.29) is 30.8 Å². The molecule has 25 heavy (non-hydrogen) atoms. The maximum absolute atomic E-state index is 12.1. The summed E-state index contributed by atoms with van der Waals surface area (Å²) < 4.78 is 30.8. The summed E-state index contributed by atoms with van der Waals surface area (Å²) in [6.07, 6.45) is 3.02. The fourth-order valence-corrected chi connectivity index (χ4v) is 5.80. The van der Waals surface area contributed by atoms with E-state index in [0.29, 0.717) is 18.4 Å². The predicted molar refractivity (Wildman–Crippen MR) is 100 cm³/mol. The van der Waals surface area contributed by atoms with Crippen LogP contribution in [0.15, 0.2) is 39.4 Å². The molecule has 0 spiro atoms. The molecule has 0 aliphatic carbocycles. The third-order valence-corrected chi connectivity index (χ3v) is 7.24. The highest BCUT2D eigenvalue weighted by Crippen LogP contribution is 2.38. The van der Waals surface area contributed by atoms with Crippen molar-refractivity contribution in [1.82, 2.24) is 0 Å². The minimum Gasteiger partial charge on any atom is -0.507 e. The zero-order valence-corrected chi connectivity index (χ0v) is 16.3. The molecule has 136 valence electrons. The first-order valence-electron chi connectivity index (χ1n) is 8.13. The Morgan fingerprint density at radius 2 is 2.20 bits per heavy atom. The molecule has 0 aromatic heterocycles. The number of phenols is 1. The van der Waals surface area contributed by atoms with Crippen molar-refractivity contribution in [2.45, 2.75) is 31.1 Å². The highest BCUT2D eigenvalue weighted by Gasteiger charge is 2.46. The molecule has 1 aromatic carbocycles. The third-order valence-electron chi connectivity index (χ3n) is 4.74. The van der Waals surface area contributed by atoms with Crippen molar-refractivity contribution < 1.29 is 23.4 Å². The quantitative estimate of drug-likeness (QED) is 0.704. The Morgan fingerprint density at radius 3 is 2.92 bits per heavy atom. The topological polar surface area (TPSA) is 83.8 Å². The molecule has 1 saturated heterocycles. The van der Waals surface area contributed by atoms with Crippen LogP contribution in [0.2, 0.25) is 0 Å². The number of phenolic OH excluding ortho intramolecular Hbond substituents is 1. The van der Waals surface area contributed by atoms with Gasteiger partial charge in [0.1, 0.15) is 11.0 Å². The first kappa shape index (κ1) is 18.6. The summed E-state index contributed by atoms with van der Waals surface area (Å²) in [6, 6.07) is 5.25. The van der Waals surface area contributed by atoms with Crippen LogP contribution in [0.4, 0.5) is 0 Å². The van der Waals surface area contributed by atoms with Gasteiger partial charge in [-0.1, -0.05) is 27.6 Å². The molecule has 1 fully saturated rings. The van der Waals surface area contributed by atoms with Gasteiger partial charge in [0.05, 0.1) is 25.1 Å². The second kappa shape index (κ2) is 7.23. The van der Waals surface area contributed by atoms with Gasteiger partial charge in [-0.25, -0.2) is 8.42 Å². The fourth-order valence-electron chi connectivity index (χ4n) is 3.48. The lowest BCUT2D eigenvalue weighted by molar-refractivity contribution is 0.117. The molecule has 0 saturated carbocycles. The Morgan fingerprint density at radius 1 is 1.44 bits per heavy atom. The smallest absolute Gasteiger partial charge is 0.163 e. The minimum absolute atomic E-state index is 0.0515. The number of benzene rings is 1. The third kappa shape index (κ3) is 3.84.